The lowest BCUT2D eigenvalue weighted by atomic mass is 10.2. The molecule has 8 heteroatoms. The number of sulfonamides is 1. The summed E-state index contributed by atoms with van der Waals surface area (Å²) in [6.45, 7) is 2.27. The third kappa shape index (κ3) is 3.60. The van der Waals surface area contributed by atoms with E-state index < -0.39 is 20.7 Å². The molecule has 2 aliphatic rings. The topological polar surface area (TPSA) is 58.6 Å². The van der Waals surface area contributed by atoms with Gasteiger partial charge in [0.1, 0.15) is 10.7 Å². The van der Waals surface area contributed by atoms with Crippen LogP contribution in [-0.4, -0.2) is 51.7 Å². The average Bonchev–Trinajstić information content (AvgIpc) is 3.30. The van der Waals surface area contributed by atoms with Gasteiger partial charge < -0.3 is 4.74 Å². The molecule has 0 amide bonds. The van der Waals surface area contributed by atoms with Gasteiger partial charge in [-0.25, -0.2) is 17.5 Å². The van der Waals surface area contributed by atoms with E-state index in [1.807, 2.05) is 0 Å². The van der Waals surface area contributed by atoms with E-state index in [0.29, 0.717) is 19.2 Å². The van der Waals surface area contributed by atoms with Gasteiger partial charge in [-0.3, -0.25) is 4.90 Å². The molecule has 0 aromatic heterocycles. The first-order valence-corrected chi connectivity index (χ1v) is 9.13. The van der Waals surface area contributed by atoms with Gasteiger partial charge >= 0.3 is 0 Å². The molecule has 3 rings (SSSR count). The predicted molar refractivity (Wildman–Crippen MR) is 80.9 cm³/mol. The van der Waals surface area contributed by atoms with Crippen LogP contribution in [0.1, 0.15) is 12.8 Å². The highest BCUT2D eigenvalue weighted by Gasteiger charge is 2.33. The molecule has 22 heavy (non-hydrogen) atoms. The molecule has 122 valence electrons. The normalized spacial score (nSPS) is 23.6. The Morgan fingerprint density at radius 3 is 2.86 bits per heavy atom. The zero-order valence-electron chi connectivity index (χ0n) is 12.0. The lowest BCUT2D eigenvalue weighted by molar-refractivity contribution is -0.0277. The molecule has 1 saturated heterocycles. The number of hydrogen-bond donors (Lipinski definition) is 1. The summed E-state index contributed by atoms with van der Waals surface area (Å²) < 4.78 is 46.2. The van der Waals surface area contributed by atoms with E-state index in [9.17, 15) is 12.8 Å². The summed E-state index contributed by atoms with van der Waals surface area (Å²) in [5.41, 5.74) is 0. The Labute approximate surface area is 134 Å². The van der Waals surface area contributed by atoms with Gasteiger partial charge in [0.25, 0.3) is 0 Å². The molecule has 0 radical (unpaired) electrons. The molecule has 0 bridgehead atoms. The summed E-state index contributed by atoms with van der Waals surface area (Å²) in [6.07, 6.45) is 2.17. The Hall–Kier alpha value is -0.730. The van der Waals surface area contributed by atoms with E-state index in [4.69, 9.17) is 16.3 Å². The standard InChI is InChI=1S/C14H18ClFN2O3S/c15-12-2-1-3-13(16)14(12)22(19,20)17-8-11-9-18(6-7-21-11)10-4-5-10/h1-3,10-11,17H,4-9H2. The van der Waals surface area contributed by atoms with Crippen LogP contribution in [0.4, 0.5) is 4.39 Å². The van der Waals surface area contributed by atoms with E-state index in [-0.39, 0.29) is 17.7 Å². The fourth-order valence-electron chi connectivity index (χ4n) is 2.65. The van der Waals surface area contributed by atoms with Crippen molar-refractivity contribution in [3.05, 3.63) is 29.0 Å². The molecule has 1 saturated carbocycles. The third-order valence-electron chi connectivity index (χ3n) is 3.92. The van der Waals surface area contributed by atoms with E-state index in [1.54, 1.807) is 0 Å². The Balaban J connectivity index is 1.64. The fourth-order valence-corrected chi connectivity index (χ4v) is 4.32. The fraction of sp³-hybridized carbons (Fsp3) is 0.571. The molecular weight excluding hydrogens is 331 g/mol. The minimum atomic E-state index is -4.00. The second kappa shape index (κ2) is 6.41. The van der Waals surface area contributed by atoms with E-state index in [0.717, 1.165) is 12.6 Å². The summed E-state index contributed by atoms with van der Waals surface area (Å²) in [5, 5.41) is -0.128. The minimum Gasteiger partial charge on any atom is -0.374 e. The van der Waals surface area contributed by atoms with Crippen molar-refractivity contribution in [2.24, 2.45) is 0 Å². The zero-order chi connectivity index (χ0) is 15.7. The van der Waals surface area contributed by atoms with Gasteiger partial charge in [-0.1, -0.05) is 17.7 Å². The van der Waals surface area contributed by atoms with Crippen molar-refractivity contribution in [2.45, 2.75) is 29.9 Å². The highest BCUT2D eigenvalue weighted by atomic mass is 35.5. The Morgan fingerprint density at radius 2 is 2.18 bits per heavy atom. The van der Waals surface area contributed by atoms with Crippen LogP contribution in [-0.2, 0) is 14.8 Å². The van der Waals surface area contributed by atoms with Crippen LogP contribution >= 0.6 is 11.6 Å². The van der Waals surface area contributed by atoms with Crippen LogP contribution in [0.3, 0.4) is 0 Å². The molecule has 1 aromatic rings. The lowest BCUT2D eigenvalue weighted by Gasteiger charge is -2.33. The smallest absolute Gasteiger partial charge is 0.245 e. The molecular formula is C14H18ClFN2O3S. The highest BCUT2D eigenvalue weighted by molar-refractivity contribution is 7.89. The predicted octanol–water partition coefficient (Wildman–Crippen LogP) is 1.62. The van der Waals surface area contributed by atoms with Crippen LogP contribution in [0.15, 0.2) is 23.1 Å². The van der Waals surface area contributed by atoms with Gasteiger partial charge in [0.15, 0.2) is 0 Å². The number of rotatable bonds is 5. The van der Waals surface area contributed by atoms with Crippen molar-refractivity contribution >= 4 is 21.6 Å². The number of nitrogens with zero attached hydrogens (tertiary/aromatic N) is 1. The van der Waals surface area contributed by atoms with Crippen molar-refractivity contribution in [1.29, 1.82) is 0 Å². The SMILES string of the molecule is O=S(=O)(NCC1CN(C2CC2)CCO1)c1c(F)cccc1Cl. The Kier molecular flexibility index (Phi) is 4.70. The van der Waals surface area contributed by atoms with Crippen molar-refractivity contribution in [3.8, 4) is 0 Å². The van der Waals surface area contributed by atoms with E-state index in [1.165, 1.54) is 25.0 Å². The van der Waals surface area contributed by atoms with Crippen LogP contribution in [0.2, 0.25) is 5.02 Å². The number of hydrogen-bond acceptors (Lipinski definition) is 4. The van der Waals surface area contributed by atoms with E-state index in [2.05, 4.69) is 9.62 Å². The first-order valence-electron chi connectivity index (χ1n) is 7.27. The lowest BCUT2D eigenvalue weighted by Crippen LogP contribution is -2.48. The maximum atomic E-state index is 13.7. The molecule has 1 unspecified atom stereocenters. The number of ether oxygens (including phenoxy) is 1. The third-order valence-corrected chi connectivity index (χ3v) is 5.85. The van der Waals surface area contributed by atoms with Gasteiger partial charge in [0.05, 0.1) is 17.7 Å². The molecule has 1 atom stereocenters. The largest absolute Gasteiger partial charge is 0.374 e. The molecule has 1 aliphatic carbocycles. The van der Waals surface area contributed by atoms with Gasteiger partial charge in [0, 0.05) is 25.7 Å². The highest BCUT2D eigenvalue weighted by Crippen LogP contribution is 2.28. The average molecular weight is 349 g/mol. The first kappa shape index (κ1) is 16.1. The van der Waals surface area contributed by atoms with Crippen molar-refractivity contribution in [1.82, 2.24) is 9.62 Å². The van der Waals surface area contributed by atoms with Crippen LogP contribution in [0.5, 0.6) is 0 Å². The van der Waals surface area contributed by atoms with Crippen molar-refractivity contribution in [3.63, 3.8) is 0 Å². The van der Waals surface area contributed by atoms with Crippen molar-refractivity contribution in [2.75, 3.05) is 26.2 Å². The first-order chi connectivity index (χ1) is 10.5. The summed E-state index contributed by atoms with van der Waals surface area (Å²) in [5.74, 6) is -0.857. The molecule has 1 heterocycles. The summed E-state index contributed by atoms with van der Waals surface area (Å²) in [6, 6.07) is 4.41. The van der Waals surface area contributed by atoms with Gasteiger partial charge in [-0.05, 0) is 25.0 Å². The molecule has 0 spiro atoms. The number of halogens is 2. The van der Waals surface area contributed by atoms with Crippen LogP contribution in [0.25, 0.3) is 0 Å². The van der Waals surface area contributed by atoms with E-state index >= 15 is 0 Å². The zero-order valence-corrected chi connectivity index (χ0v) is 13.5. The summed E-state index contributed by atoms with van der Waals surface area (Å²) in [7, 11) is -4.00. The van der Waals surface area contributed by atoms with Gasteiger partial charge in [-0.15, -0.1) is 0 Å². The monoisotopic (exact) mass is 348 g/mol. The maximum absolute atomic E-state index is 13.7. The second-order valence-electron chi connectivity index (χ2n) is 5.62. The number of benzene rings is 1. The number of nitrogens with one attached hydrogen (secondary N) is 1. The quantitative estimate of drug-likeness (QED) is 0.878. The molecule has 5 nitrogen and oxygen atoms in total. The molecule has 1 aromatic carbocycles. The van der Waals surface area contributed by atoms with Gasteiger partial charge in [0.2, 0.25) is 10.0 Å². The summed E-state index contributed by atoms with van der Waals surface area (Å²) >= 11 is 5.81. The van der Waals surface area contributed by atoms with Gasteiger partial charge in [-0.2, -0.15) is 0 Å². The molecule has 2 fully saturated rings. The second-order valence-corrected chi connectivity index (χ2v) is 7.73. The summed E-state index contributed by atoms with van der Waals surface area (Å²) in [4.78, 5) is 1.81. The van der Waals surface area contributed by atoms with Crippen molar-refractivity contribution < 1.29 is 17.5 Å². The minimum absolute atomic E-state index is 0.107. The molecule has 1 aliphatic heterocycles. The van der Waals surface area contributed by atoms with Crippen LogP contribution < -0.4 is 4.72 Å². The maximum Gasteiger partial charge on any atom is 0.245 e. The molecule has 1 N–H and O–H groups in total. The Bertz CT molecular complexity index is 631. The number of morpholine rings is 1. The van der Waals surface area contributed by atoms with Crippen LogP contribution in [0, 0.1) is 5.82 Å². The Morgan fingerprint density at radius 1 is 1.41 bits per heavy atom.